The topological polar surface area (TPSA) is 21.1 Å². The van der Waals surface area contributed by atoms with Crippen molar-refractivity contribution in [2.24, 2.45) is 7.05 Å². The zero-order valence-corrected chi connectivity index (χ0v) is 9.80. The average Bonchev–Trinajstić information content (AvgIpc) is 2.65. The van der Waals surface area contributed by atoms with E-state index in [9.17, 15) is 0 Å². The molecule has 0 atom stereocenters. The van der Waals surface area contributed by atoms with Crippen LogP contribution in [-0.4, -0.2) is 21.5 Å². The zero-order valence-electron chi connectivity index (χ0n) is 9.80. The van der Waals surface area contributed by atoms with Crippen LogP contribution in [0.5, 0.6) is 0 Å². The molecule has 2 rings (SSSR count). The summed E-state index contributed by atoms with van der Waals surface area (Å²) in [6, 6.07) is 6.27. The van der Waals surface area contributed by atoms with E-state index in [1.54, 1.807) is 0 Å². The highest BCUT2D eigenvalue weighted by Gasteiger charge is 2.02. The van der Waals surface area contributed by atoms with Crippen LogP contribution >= 0.6 is 0 Å². The maximum absolute atomic E-state index is 4.02. The van der Waals surface area contributed by atoms with Crippen LogP contribution in [0.2, 0.25) is 0 Å². The van der Waals surface area contributed by atoms with Gasteiger partial charge in [-0.05, 0) is 36.4 Å². The first-order valence-electron chi connectivity index (χ1n) is 5.42. The van der Waals surface area contributed by atoms with Crippen LogP contribution in [0.4, 0.5) is 0 Å². The van der Waals surface area contributed by atoms with Crippen LogP contribution in [-0.2, 0) is 20.1 Å². The van der Waals surface area contributed by atoms with E-state index >= 15 is 0 Å². The molecule has 84 valence electrons. The summed E-state index contributed by atoms with van der Waals surface area (Å²) >= 11 is 0. The molecule has 0 aliphatic rings. The van der Waals surface area contributed by atoms with Crippen LogP contribution in [0.25, 0.3) is 0 Å². The molecule has 0 aromatic carbocycles. The highest BCUT2D eigenvalue weighted by Crippen LogP contribution is 2.07. The van der Waals surface area contributed by atoms with Crippen molar-refractivity contribution >= 4 is 0 Å². The maximum atomic E-state index is 4.02. The van der Waals surface area contributed by atoms with Gasteiger partial charge in [0, 0.05) is 44.9 Å². The summed E-state index contributed by atoms with van der Waals surface area (Å²) < 4.78 is 2.08. The van der Waals surface area contributed by atoms with E-state index in [1.165, 1.54) is 11.1 Å². The largest absolute Gasteiger partial charge is 0.357 e. The van der Waals surface area contributed by atoms with Crippen LogP contribution in [0, 0.1) is 0 Å². The summed E-state index contributed by atoms with van der Waals surface area (Å²) in [5, 5.41) is 0. The van der Waals surface area contributed by atoms with Gasteiger partial charge in [0.2, 0.25) is 0 Å². The van der Waals surface area contributed by atoms with Crippen LogP contribution in [0.3, 0.4) is 0 Å². The first-order chi connectivity index (χ1) is 7.74. The number of nitrogens with zero attached hydrogens (tertiary/aromatic N) is 3. The van der Waals surface area contributed by atoms with Gasteiger partial charge < -0.3 is 4.57 Å². The lowest BCUT2D eigenvalue weighted by Crippen LogP contribution is -2.16. The van der Waals surface area contributed by atoms with Crippen molar-refractivity contribution in [1.29, 1.82) is 0 Å². The van der Waals surface area contributed by atoms with Gasteiger partial charge in [-0.25, -0.2) is 0 Å². The van der Waals surface area contributed by atoms with Crippen molar-refractivity contribution in [2.75, 3.05) is 7.05 Å². The Kier molecular flexibility index (Phi) is 3.37. The van der Waals surface area contributed by atoms with Gasteiger partial charge in [-0.2, -0.15) is 0 Å². The number of aryl methyl sites for hydroxylation is 1. The molecule has 0 aliphatic heterocycles. The van der Waals surface area contributed by atoms with E-state index < -0.39 is 0 Å². The fourth-order valence-electron chi connectivity index (χ4n) is 1.82. The third kappa shape index (κ3) is 2.94. The lowest BCUT2D eigenvalue weighted by molar-refractivity contribution is 0.319. The molecule has 0 spiro atoms. The summed E-state index contributed by atoms with van der Waals surface area (Å²) in [5.41, 5.74) is 2.65. The van der Waals surface area contributed by atoms with Crippen molar-refractivity contribution in [2.45, 2.75) is 13.1 Å². The van der Waals surface area contributed by atoms with Gasteiger partial charge in [-0.3, -0.25) is 9.88 Å². The molecule has 3 nitrogen and oxygen atoms in total. The Morgan fingerprint density at radius 2 is 1.81 bits per heavy atom. The molecule has 16 heavy (non-hydrogen) atoms. The highest BCUT2D eigenvalue weighted by molar-refractivity contribution is 5.12. The predicted molar refractivity (Wildman–Crippen MR) is 64.8 cm³/mol. The number of aromatic nitrogens is 2. The van der Waals surface area contributed by atoms with E-state index in [4.69, 9.17) is 0 Å². The molecule has 2 aromatic rings. The molecule has 0 amide bonds. The van der Waals surface area contributed by atoms with Gasteiger partial charge in [-0.1, -0.05) is 0 Å². The third-order valence-corrected chi connectivity index (χ3v) is 2.55. The third-order valence-electron chi connectivity index (χ3n) is 2.55. The molecule has 0 radical (unpaired) electrons. The summed E-state index contributed by atoms with van der Waals surface area (Å²) in [6.45, 7) is 1.93. The quantitative estimate of drug-likeness (QED) is 0.778. The fraction of sp³-hybridized carbons (Fsp3) is 0.308. The van der Waals surface area contributed by atoms with E-state index in [0.29, 0.717) is 0 Å². The van der Waals surface area contributed by atoms with Crippen molar-refractivity contribution < 1.29 is 0 Å². The Morgan fingerprint density at radius 3 is 2.44 bits per heavy atom. The SMILES string of the molecule is CN(Cc1ccncc1)Cc1ccn(C)c1. The second-order valence-electron chi connectivity index (χ2n) is 4.21. The van der Waals surface area contributed by atoms with Crippen LogP contribution in [0.15, 0.2) is 43.0 Å². The predicted octanol–water partition coefficient (Wildman–Crippen LogP) is 2.05. The molecular weight excluding hydrogens is 198 g/mol. The monoisotopic (exact) mass is 215 g/mol. The van der Waals surface area contributed by atoms with Crippen LogP contribution in [0.1, 0.15) is 11.1 Å². The second-order valence-corrected chi connectivity index (χ2v) is 4.21. The van der Waals surface area contributed by atoms with Gasteiger partial charge in [0.15, 0.2) is 0 Å². The van der Waals surface area contributed by atoms with Gasteiger partial charge >= 0.3 is 0 Å². The molecule has 0 saturated heterocycles. The second kappa shape index (κ2) is 4.94. The molecule has 0 saturated carbocycles. The number of rotatable bonds is 4. The Labute approximate surface area is 96.3 Å². The van der Waals surface area contributed by atoms with Crippen LogP contribution < -0.4 is 0 Å². The van der Waals surface area contributed by atoms with E-state index in [2.05, 4.69) is 52.1 Å². The number of hydrogen-bond donors (Lipinski definition) is 0. The van der Waals surface area contributed by atoms with Gasteiger partial charge in [-0.15, -0.1) is 0 Å². The molecule has 0 bridgehead atoms. The van der Waals surface area contributed by atoms with Gasteiger partial charge in [0.1, 0.15) is 0 Å². The maximum Gasteiger partial charge on any atom is 0.0271 e. The molecule has 3 heteroatoms. The Bertz CT molecular complexity index is 433. The Hall–Kier alpha value is -1.61. The molecule has 2 heterocycles. The smallest absolute Gasteiger partial charge is 0.0271 e. The van der Waals surface area contributed by atoms with Gasteiger partial charge in [0.25, 0.3) is 0 Å². The van der Waals surface area contributed by atoms with Crippen molar-refractivity contribution in [3.8, 4) is 0 Å². The molecule has 0 N–H and O–H groups in total. The molecule has 0 aliphatic carbocycles. The average molecular weight is 215 g/mol. The summed E-state index contributed by atoms with van der Waals surface area (Å²) in [7, 11) is 4.18. The minimum absolute atomic E-state index is 0.956. The summed E-state index contributed by atoms with van der Waals surface area (Å²) in [5.74, 6) is 0. The summed E-state index contributed by atoms with van der Waals surface area (Å²) in [6.07, 6.45) is 7.91. The first-order valence-corrected chi connectivity index (χ1v) is 5.42. The minimum atomic E-state index is 0.956. The van der Waals surface area contributed by atoms with E-state index in [1.807, 2.05) is 19.4 Å². The van der Waals surface area contributed by atoms with E-state index in [0.717, 1.165) is 13.1 Å². The van der Waals surface area contributed by atoms with Crippen molar-refractivity contribution in [3.05, 3.63) is 54.1 Å². The Morgan fingerprint density at radius 1 is 1.12 bits per heavy atom. The zero-order chi connectivity index (χ0) is 11.4. The van der Waals surface area contributed by atoms with E-state index in [-0.39, 0.29) is 0 Å². The molecule has 0 fully saturated rings. The highest BCUT2D eigenvalue weighted by atomic mass is 15.1. The molecular formula is C13H17N3. The Balaban J connectivity index is 1.92. The lowest BCUT2D eigenvalue weighted by atomic mass is 10.2. The molecule has 0 unspecified atom stereocenters. The summed E-state index contributed by atoms with van der Waals surface area (Å²) in [4.78, 5) is 6.31. The van der Waals surface area contributed by atoms with Crippen molar-refractivity contribution in [3.63, 3.8) is 0 Å². The number of pyridine rings is 1. The molecule has 2 aromatic heterocycles. The number of hydrogen-bond acceptors (Lipinski definition) is 2. The minimum Gasteiger partial charge on any atom is -0.357 e. The fourth-order valence-corrected chi connectivity index (χ4v) is 1.82. The standard InChI is InChI=1S/C13H17N3/c1-15-8-5-13(10-15)11-16(2)9-12-3-6-14-7-4-12/h3-8,10H,9,11H2,1-2H3. The lowest BCUT2D eigenvalue weighted by Gasteiger charge is -2.15. The normalized spacial score (nSPS) is 10.9. The van der Waals surface area contributed by atoms with Crippen molar-refractivity contribution in [1.82, 2.24) is 14.5 Å². The van der Waals surface area contributed by atoms with Gasteiger partial charge in [0.05, 0.1) is 0 Å². The first kappa shape index (κ1) is 10.9.